The van der Waals surface area contributed by atoms with Crippen LogP contribution >= 0.6 is 11.8 Å². The molecule has 1 aromatic heterocycles. The first-order chi connectivity index (χ1) is 16.8. The van der Waals surface area contributed by atoms with Crippen LogP contribution in [0, 0.1) is 23.5 Å². The third-order valence-electron chi connectivity index (χ3n) is 6.47. The molecule has 0 radical (unpaired) electrons. The van der Waals surface area contributed by atoms with Gasteiger partial charge in [-0.3, -0.25) is 9.79 Å². The number of halogens is 4. The summed E-state index contributed by atoms with van der Waals surface area (Å²) in [6, 6.07) is 2.16. The topological polar surface area (TPSA) is 112 Å². The second-order valence-corrected chi connectivity index (χ2v) is 10.6. The van der Waals surface area contributed by atoms with E-state index in [1.165, 1.54) is 17.8 Å². The third kappa shape index (κ3) is 4.73. The minimum absolute atomic E-state index is 0.0273. The quantitative estimate of drug-likeness (QED) is 0.500. The van der Waals surface area contributed by atoms with Crippen molar-refractivity contribution in [2.75, 3.05) is 25.6 Å². The predicted octanol–water partition coefficient (Wildman–Crippen LogP) is 3.97. The number of carbonyl (C=O) groups is 1. The Bertz CT molecular complexity index is 1210. The maximum atomic E-state index is 15.1. The van der Waals surface area contributed by atoms with Gasteiger partial charge in [0.05, 0.1) is 29.3 Å². The van der Waals surface area contributed by atoms with Crippen molar-refractivity contribution in [3.63, 3.8) is 0 Å². The highest BCUT2D eigenvalue weighted by Crippen LogP contribution is 2.69. The summed E-state index contributed by atoms with van der Waals surface area (Å²) < 4.78 is 65.4. The Labute approximate surface area is 209 Å². The number of amidine groups is 1. The molecule has 0 unspecified atom stereocenters. The second kappa shape index (κ2) is 9.18. The number of rotatable bonds is 8. The van der Waals surface area contributed by atoms with E-state index in [2.05, 4.69) is 20.3 Å². The van der Waals surface area contributed by atoms with Crippen LogP contribution in [0.1, 0.15) is 36.8 Å². The predicted molar refractivity (Wildman–Crippen MR) is 126 cm³/mol. The number of nitrogens with one attached hydrogen (secondary N) is 1. The average Bonchev–Trinajstić information content (AvgIpc) is 3.38. The van der Waals surface area contributed by atoms with Crippen molar-refractivity contribution in [2.24, 2.45) is 22.6 Å². The fourth-order valence-corrected chi connectivity index (χ4v) is 6.49. The van der Waals surface area contributed by atoms with Gasteiger partial charge >= 0.3 is 0 Å². The van der Waals surface area contributed by atoms with Crippen LogP contribution in [0.3, 0.4) is 0 Å². The number of carbonyl (C=O) groups excluding carboxylic acids is 1. The molecule has 1 fully saturated rings. The molecule has 1 amide bonds. The van der Waals surface area contributed by atoms with Crippen LogP contribution in [0.25, 0.3) is 0 Å². The normalized spacial score (nSPS) is 27.2. The second-order valence-electron chi connectivity index (χ2n) is 9.23. The third-order valence-corrected chi connectivity index (χ3v) is 7.89. The number of anilines is 1. The lowest BCUT2D eigenvalue weighted by Crippen LogP contribution is -2.38. The largest absolute Gasteiger partial charge is 0.470 e. The van der Waals surface area contributed by atoms with Crippen LogP contribution < -0.4 is 15.8 Å². The maximum Gasteiger partial charge on any atom is 0.278 e. The first kappa shape index (κ1) is 26.1. The number of fused-ring (bicyclic) bond motifs is 1. The first-order valence-electron chi connectivity index (χ1n) is 11.0. The van der Waals surface area contributed by atoms with Crippen LogP contribution in [0.2, 0.25) is 0 Å². The number of hydrogen-bond acceptors (Lipinski definition) is 8. The minimum atomic E-state index is -3.06. The fourth-order valence-electron chi connectivity index (χ4n) is 4.87. The van der Waals surface area contributed by atoms with E-state index in [1.807, 2.05) is 6.92 Å². The number of hydrogen-bond donors (Lipinski definition) is 2. The molecule has 0 bridgehead atoms. The maximum absolute atomic E-state index is 15.1. The Kier molecular flexibility index (Phi) is 6.67. The van der Waals surface area contributed by atoms with Gasteiger partial charge in [0.15, 0.2) is 23.4 Å². The van der Waals surface area contributed by atoms with Crippen LogP contribution in [0.4, 0.5) is 23.2 Å². The van der Waals surface area contributed by atoms with Gasteiger partial charge in [-0.05, 0) is 18.9 Å². The van der Waals surface area contributed by atoms with E-state index >= 15 is 4.39 Å². The highest BCUT2D eigenvalue weighted by molar-refractivity contribution is 8.15. The van der Waals surface area contributed by atoms with Crippen molar-refractivity contribution in [1.29, 1.82) is 0 Å². The van der Waals surface area contributed by atoms with Crippen molar-refractivity contribution in [1.82, 2.24) is 9.97 Å². The SMILES string of the molecule is COC[C@@]12SC(N)=N[C@](C)(c3cc(NC(=O)c4cnc(OCC(C)(F)F)cn4)cc(F)c3F)[C@@H]1[C@@H]2C. The molecule has 2 aromatic rings. The summed E-state index contributed by atoms with van der Waals surface area (Å²) in [6.07, 6.45) is 2.04. The zero-order valence-corrected chi connectivity index (χ0v) is 20.8. The van der Waals surface area contributed by atoms with Gasteiger partial charge in [0.2, 0.25) is 5.88 Å². The Hall–Kier alpha value is -2.93. The summed E-state index contributed by atoms with van der Waals surface area (Å²) in [5, 5.41) is 2.70. The summed E-state index contributed by atoms with van der Waals surface area (Å²) in [7, 11) is 1.56. The summed E-state index contributed by atoms with van der Waals surface area (Å²) in [5.41, 5.74) is 4.63. The number of amides is 1. The van der Waals surface area contributed by atoms with Crippen LogP contribution in [-0.2, 0) is 10.3 Å². The Morgan fingerprint density at radius 1 is 1.28 bits per heavy atom. The van der Waals surface area contributed by atoms with E-state index in [0.29, 0.717) is 13.5 Å². The number of benzene rings is 1. The molecule has 0 spiro atoms. The number of nitrogens with zero attached hydrogens (tertiary/aromatic N) is 3. The van der Waals surface area contributed by atoms with Gasteiger partial charge in [-0.2, -0.15) is 0 Å². The molecule has 194 valence electrons. The smallest absolute Gasteiger partial charge is 0.278 e. The van der Waals surface area contributed by atoms with E-state index < -0.39 is 40.4 Å². The molecule has 1 aliphatic heterocycles. The summed E-state index contributed by atoms with van der Waals surface area (Å²) >= 11 is 1.37. The molecule has 1 aliphatic carbocycles. The number of nitrogens with two attached hydrogens (primary N) is 1. The molecule has 1 saturated carbocycles. The highest BCUT2D eigenvalue weighted by atomic mass is 32.2. The molecule has 2 heterocycles. The summed E-state index contributed by atoms with van der Waals surface area (Å²) in [4.78, 5) is 24.8. The van der Waals surface area contributed by atoms with E-state index in [9.17, 15) is 18.0 Å². The molecule has 4 atom stereocenters. The highest BCUT2D eigenvalue weighted by Gasteiger charge is 2.72. The Morgan fingerprint density at radius 2 is 2.00 bits per heavy atom. The molecule has 1 aromatic carbocycles. The van der Waals surface area contributed by atoms with Gasteiger partial charge in [0, 0.05) is 37.3 Å². The summed E-state index contributed by atoms with van der Waals surface area (Å²) in [5.74, 6) is -6.41. The van der Waals surface area contributed by atoms with Crippen LogP contribution in [-0.4, -0.2) is 52.0 Å². The molecule has 4 rings (SSSR count). The van der Waals surface area contributed by atoms with Crippen molar-refractivity contribution in [3.05, 3.63) is 47.4 Å². The first-order valence-corrected chi connectivity index (χ1v) is 11.8. The lowest BCUT2D eigenvalue weighted by atomic mass is 9.84. The molecule has 8 nitrogen and oxygen atoms in total. The zero-order chi connectivity index (χ0) is 26.5. The van der Waals surface area contributed by atoms with Crippen LogP contribution in [0.5, 0.6) is 5.88 Å². The number of alkyl halides is 2. The Morgan fingerprint density at radius 3 is 2.61 bits per heavy atom. The van der Waals surface area contributed by atoms with E-state index in [4.69, 9.17) is 15.2 Å². The van der Waals surface area contributed by atoms with Crippen LogP contribution in [0.15, 0.2) is 29.5 Å². The number of aromatic nitrogens is 2. The van der Waals surface area contributed by atoms with Gasteiger partial charge in [0.25, 0.3) is 11.8 Å². The number of methoxy groups -OCH3 is 1. The monoisotopic (exact) mass is 527 g/mol. The minimum Gasteiger partial charge on any atom is -0.470 e. The lowest BCUT2D eigenvalue weighted by molar-refractivity contribution is -0.0243. The summed E-state index contributed by atoms with van der Waals surface area (Å²) in [6.45, 7) is 3.82. The molecule has 3 N–H and O–H groups in total. The molecule has 0 saturated heterocycles. The van der Waals surface area contributed by atoms with Crippen molar-refractivity contribution >= 4 is 28.5 Å². The Balaban J connectivity index is 1.59. The van der Waals surface area contributed by atoms with E-state index in [1.54, 1.807) is 14.0 Å². The lowest BCUT2D eigenvalue weighted by Gasteiger charge is -2.34. The molecular formula is C23H25F4N5O3S. The zero-order valence-electron chi connectivity index (χ0n) is 19.9. The standard InChI is InChI=1S/C23H25F4N5O3S/c1-11-18-22(3,32-20(28)36-23(11,18)10-34-4)13-5-12(6-14(24)17(13)25)31-19(33)15-7-30-16(8-29-15)35-9-21(2,26)27/h5-8,11,18H,9-10H2,1-4H3,(H2,28,32)(H,31,33)/t11-,18-,22+,23-/m0/s1. The van der Waals surface area contributed by atoms with Gasteiger partial charge in [-0.25, -0.2) is 27.5 Å². The number of aliphatic imine (C=N–C) groups is 1. The van der Waals surface area contributed by atoms with Crippen molar-refractivity contribution < 1.29 is 31.8 Å². The van der Waals surface area contributed by atoms with E-state index in [-0.39, 0.29) is 39.8 Å². The van der Waals surface area contributed by atoms with E-state index in [0.717, 1.165) is 18.5 Å². The fraction of sp³-hybridized carbons (Fsp3) is 0.478. The van der Waals surface area contributed by atoms with Gasteiger partial charge < -0.3 is 20.5 Å². The molecule has 2 aliphatic rings. The molecule has 36 heavy (non-hydrogen) atoms. The number of thioether (sulfide) groups is 1. The van der Waals surface area contributed by atoms with Crippen molar-refractivity contribution in [3.8, 4) is 5.88 Å². The van der Waals surface area contributed by atoms with Gasteiger partial charge in [-0.1, -0.05) is 18.7 Å². The van der Waals surface area contributed by atoms with Gasteiger partial charge in [-0.15, -0.1) is 0 Å². The molecule has 13 heteroatoms. The average molecular weight is 528 g/mol. The van der Waals surface area contributed by atoms with Gasteiger partial charge in [0.1, 0.15) is 5.69 Å². The molecular weight excluding hydrogens is 502 g/mol. The number of ether oxygens (including phenoxy) is 2. The van der Waals surface area contributed by atoms with Crippen molar-refractivity contribution in [2.45, 2.75) is 37.0 Å².